The number of nitrogens with zero attached hydrogens (tertiary/aromatic N) is 2. The van der Waals surface area contributed by atoms with E-state index in [1.165, 1.54) is 6.21 Å². The lowest BCUT2D eigenvalue weighted by Crippen LogP contribution is -2.25. The Labute approximate surface area is 123 Å². The highest BCUT2D eigenvalue weighted by molar-refractivity contribution is 5.80. The Morgan fingerprint density at radius 2 is 2.14 bits per heavy atom. The van der Waals surface area contributed by atoms with Crippen LogP contribution < -0.4 is 15.9 Å². The Morgan fingerprint density at radius 1 is 1.38 bits per heavy atom. The van der Waals surface area contributed by atoms with E-state index in [-0.39, 0.29) is 5.96 Å². The lowest BCUT2D eigenvalue weighted by Gasteiger charge is -2.05. The first kappa shape index (κ1) is 14.4. The first-order chi connectivity index (χ1) is 10.2. The average Bonchev–Trinajstić information content (AvgIpc) is 2.91. The van der Waals surface area contributed by atoms with E-state index in [1.54, 1.807) is 13.2 Å². The lowest BCUT2D eigenvalue weighted by molar-refractivity contribution is 0.415. The molecule has 0 amide bonds. The molecule has 0 bridgehead atoms. The van der Waals surface area contributed by atoms with E-state index in [0.717, 1.165) is 17.1 Å². The zero-order valence-corrected chi connectivity index (χ0v) is 11.7. The van der Waals surface area contributed by atoms with Gasteiger partial charge in [-0.1, -0.05) is 18.2 Å². The fourth-order valence-corrected chi connectivity index (χ4v) is 1.80. The van der Waals surface area contributed by atoms with E-state index in [1.807, 2.05) is 53.2 Å². The summed E-state index contributed by atoms with van der Waals surface area (Å²) in [5.41, 5.74) is 9.46. The molecule has 1 heterocycles. The van der Waals surface area contributed by atoms with Crippen LogP contribution in [0.4, 0.5) is 0 Å². The average molecular weight is 283 g/mol. The number of nitrogens with one attached hydrogen (secondary N) is 2. The van der Waals surface area contributed by atoms with Crippen LogP contribution in [0, 0.1) is 5.41 Å². The van der Waals surface area contributed by atoms with Crippen LogP contribution in [0.2, 0.25) is 0 Å². The molecule has 0 saturated heterocycles. The van der Waals surface area contributed by atoms with Gasteiger partial charge in [0.1, 0.15) is 5.75 Å². The van der Waals surface area contributed by atoms with Crippen molar-refractivity contribution in [3.05, 3.63) is 54.4 Å². The number of hydrogen-bond donors (Lipinski definition) is 3. The summed E-state index contributed by atoms with van der Waals surface area (Å²) in [5, 5.41) is 10.7. The lowest BCUT2D eigenvalue weighted by atomic mass is 10.3. The number of aromatic nitrogens is 1. The number of para-hydroxylation sites is 1. The van der Waals surface area contributed by atoms with Gasteiger partial charge in [-0.25, -0.2) is 5.43 Å². The highest BCUT2D eigenvalue weighted by atomic mass is 16.5. The molecule has 0 aliphatic heterocycles. The molecule has 108 valence electrons. The van der Waals surface area contributed by atoms with Crippen LogP contribution in [0.5, 0.6) is 5.75 Å². The van der Waals surface area contributed by atoms with E-state index >= 15 is 0 Å². The summed E-state index contributed by atoms with van der Waals surface area (Å²) in [7, 11) is 1.64. The van der Waals surface area contributed by atoms with Gasteiger partial charge < -0.3 is 15.0 Å². The Hall–Kier alpha value is -3.02. The largest absolute Gasteiger partial charge is 0.495 e. The minimum Gasteiger partial charge on any atom is -0.495 e. The molecule has 1 aromatic carbocycles. The number of hydrazone groups is 1. The van der Waals surface area contributed by atoms with Crippen molar-refractivity contribution in [1.29, 1.82) is 5.41 Å². The molecule has 21 heavy (non-hydrogen) atoms. The zero-order chi connectivity index (χ0) is 15.1. The standard InChI is InChI=1S/C15H17N5O/c1-21-14-10-13(8-5-9-18-19-15(16)17)20(11-14)12-6-3-2-4-7-12/h2-11H,1H3,(H4,16,17,19)/b8-5+,18-9+. The number of ether oxygens (including phenoxy) is 1. The second-order valence-corrected chi connectivity index (χ2v) is 4.17. The fraction of sp³-hybridized carbons (Fsp3) is 0.0667. The zero-order valence-electron chi connectivity index (χ0n) is 11.7. The van der Waals surface area contributed by atoms with Crippen molar-refractivity contribution in [3.8, 4) is 11.4 Å². The molecule has 6 heteroatoms. The fourth-order valence-electron chi connectivity index (χ4n) is 1.80. The smallest absolute Gasteiger partial charge is 0.206 e. The first-order valence-electron chi connectivity index (χ1n) is 6.32. The van der Waals surface area contributed by atoms with Crippen LogP contribution in [0.25, 0.3) is 11.8 Å². The van der Waals surface area contributed by atoms with Gasteiger partial charge in [0.2, 0.25) is 5.96 Å². The van der Waals surface area contributed by atoms with E-state index < -0.39 is 0 Å². The van der Waals surface area contributed by atoms with Crippen LogP contribution in [-0.4, -0.2) is 23.9 Å². The Balaban J connectivity index is 2.22. The summed E-state index contributed by atoms with van der Waals surface area (Å²) in [5.74, 6) is 0.575. The van der Waals surface area contributed by atoms with Crippen LogP contribution in [0.1, 0.15) is 5.69 Å². The van der Waals surface area contributed by atoms with E-state index in [4.69, 9.17) is 15.9 Å². The Bertz CT molecular complexity index is 658. The summed E-state index contributed by atoms with van der Waals surface area (Å²) in [4.78, 5) is 0. The van der Waals surface area contributed by atoms with Gasteiger partial charge in [-0.05, 0) is 24.3 Å². The van der Waals surface area contributed by atoms with Gasteiger partial charge in [-0.3, -0.25) is 5.41 Å². The number of methoxy groups -OCH3 is 1. The molecular weight excluding hydrogens is 266 g/mol. The highest BCUT2D eigenvalue weighted by Gasteiger charge is 2.04. The summed E-state index contributed by atoms with van der Waals surface area (Å²) >= 11 is 0. The highest BCUT2D eigenvalue weighted by Crippen LogP contribution is 2.21. The van der Waals surface area contributed by atoms with Crippen molar-refractivity contribution >= 4 is 18.3 Å². The number of allylic oxidation sites excluding steroid dienone is 1. The summed E-state index contributed by atoms with van der Waals surface area (Å²) in [6, 6.07) is 11.9. The molecule has 0 fully saturated rings. The molecule has 2 aromatic rings. The van der Waals surface area contributed by atoms with Gasteiger partial charge in [0.05, 0.1) is 13.3 Å². The van der Waals surface area contributed by atoms with Gasteiger partial charge in [-0.15, -0.1) is 0 Å². The number of rotatable bonds is 5. The molecule has 0 saturated carbocycles. The van der Waals surface area contributed by atoms with Gasteiger partial charge in [0, 0.05) is 23.7 Å². The number of benzene rings is 1. The third-order valence-electron chi connectivity index (χ3n) is 2.71. The second-order valence-electron chi connectivity index (χ2n) is 4.17. The minimum absolute atomic E-state index is 0.200. The Kier molecular flexibility index (Phi) is 4.76. The first-order valence-corrected chi connectivity index (χ1v) is 6.32. The molecular formula is C15H17N5O. The predicted molar refractivity (Wildman–Crippen MR) is 84.9 cm³/mol. The van der Waals surface area contributed by atoms with E-state index in [0.29, 0.717) is 0 Å². The topological polar surface area (TPSA) is 88.4 Å². The third-order valence-corrected chi connectivity index (χ3v) is 2.71. The molecule has 6 nitrogen and oxygen atoms in total. The van der Waals surface area contributed by atoms with Crippen LogP contribution in [0.15, 0.2) is 53.8 Å². The molecule has 0 radical (unpaired) electrons. The maximum atomic E-state index is 6.98. The molecule has 0 atom stereocenters. The normalized spacial score (nSPS) is 11.1. The van der Waals surface area contributed by atoms with Gasteiger partial charge >= 0.3 is 0 Å². The van der Waals surface area contributed by atoms with Crippen LogP contribution >= 0.6 is 0 Å². The quantitative estimate of drug-likeness (QED) is 0.445. The van der Waals surface area contributed by atoms with Crippen molar-refractivity contribution in [2.75, 3.05) is 7.11 Å². The maximum Gasteiger partial charge on any atom is 0.206 e. The molecule has 0 spiro atoms. The summed E-state index contributed by atoms with van der Waals surface area (Å²) < 4.78 is 7.29. The van der Waals surface area contributed by atoms with Crippen molar-refractivity contribution in [2.45, 2.75) is 0 Å². The predicted octanol–water partition coefficient (Wildman–Crippen LogP) is 1.97. The molecule has 4 N–H and O–H groups in total. The second kappa shape index (κ2) is 6.95. The van der Waals surface area contributed by atoms with E-state index in [9.17, 15) is 0 Å². The molecule has 1 aromatic heterocycles. The maximum absolute atomic E-state index is 6.98. The molecule has 0 aliphatic carbocycles. The van der Waals surface area contributed by atoms with Crippen molar-refractivity contribution in [1.82, 2.24) is 9.99 Å². The molecule has 2 rings (SSSR count). The number of nitrogens with two attached hydrogens (primary N) is 1. The molecule has 0 unspecified atom stereocenters. The third kappa shape index (κ3) is 3.97. The Morgan fingerprint density at radius 3 is 2.81 bits per heavy atom. The monoisotopic (exact) mass is 283 g/mol. The van der Waals surface area contributed by atoms with Crippen molar-refractivity contribution in [2.24, 2.45) is 10.8 Å². The van der Waals surface area contributed by atoms with Gasteiger partial charge in [0.15, 0.2) is 0 Å². The van der Waals surface area contributed by atoms with Crippen LogP contribution in [-0.2, 0) is 0 Å². The number of hydrogen-bond acceptors (Lipinski definition) is 3. The van der Waals surface area contributed by atoms with Gasteiger partial charge in [-0.2, -0.15) is 5.10 Å². The molecule has 0 aliphatic rings. The van der Waals surface area contributed by atoms with E-state index in [2.05, 4.69) is 10.5 Å². The SMILES string of the molecule is COc1cc(/C=C/C=N/NC(=N)N)n(-c2ccccc2)c1. The van der Waals surface area contributed by atoms with Crippen molar-refractivity contribution in [3.63, 3.8) is 0 Å². The minimum atomic E-state index is -0.200. The summed E-state index contributed by atoms with van der Waals surface area (Å²) in [6.45, 7) is 0. The summed E-state index contributed by atoms with van der Waals surface area (Å²) in [6.07, 6.45) is 7.08. The van der Waals surface area contributed by atoms with Crippen molar-refractivity contribution < 1.29 is 4.74 Å². The van der Waals surface area contributed by atoms with Crippen LogP contribution in [0.3, 0.4) is 0 Å². The number of guanidine groups is 1. The van der Waals surface area contributed by atoms with Gasteiger partial charge in [0.25, 0.3) is 0 Å².